The zero-order valence-electron chi connectivity index (χ0n) is 15.8. The third kappa shape index (κ3) is 8.10. The summed E-state index contributed by atoms with van der Waals surface area (Å²) in [4.78, 5) is 21.4. The molecule has 0 unspecified atom stereocenters. The fourth-order valence-electron chi connectivity index (χ4n) is 1.89. The van der Waals surface area contributed by atoms with Crippen LogP contribution in [-0.2, 0) is 0 Å². The van der Waals surface area contributed by atoms with Gasteiger partial charge in [0.25, 0.3) is 0 Å². The minimum Gasteiger partial charge on any atom is -0.358 e. The minimum absolute atomic E-state index is 0.0596. The van der Waals surface area contributed by atoms with Crippen LogP contribution in [-0.4, -0.2) is 19.9 Å². The summed E-state index contributed by atoms with van der Waals surface area (Å²) in [6, 6.07) is 9.76. The van der Waals surface area contributed by atoms with E-state index in [2.05, 4.69) is 21.0 Å². The van der Waals surface area contributed by atoms with Crippen LogP contribution in [0, 0.1) is 44.7 Å². The molecule has 0 saturated carbocycles. The van der Waals surface area contributed by atoms with Crippen LogP contribution >= 0.6 is 0 Å². The number of hydrogen-bond donors (Lipinski definition) is 0. The van der Waals surface area contributed by atoms with Gasteiger partial charge in [-0.15, -0.1) is 0 Å². The van der Waals surface area contributed by atoms with Gasteiger partial charge in [-0.25, -0.2) is 0 Å². The van der Waals surface area contributed by atoms with Crippen molar-refractivity contribution in [2.45, 2.75) is 34.6 Å². The maximum atomic E-state index is 10.3. The maximum absolute atomic E-state index is 10.3. The molecule has 26 heavy (non-hydrogen) atoms. The lowest BCUT2D eigenvalue weighted by Crippen LogP contribution is -1.95. The van der Waals surface area contributed by atoms with E-state index in [1.807, 2.05) is 58.3 Å². The van der Waals surface area contributed by atoms with Gasteiger partial charge in [0.2, 0.25) is 0 Å². The van der Waals surface area contributed by atoms with Gasteiger partial charge in [-0.3, -0.25) is 9.97 Å². The molecule has 3 rings (SSSR count). The Kier molecular flexibility index (Phi) is 8.57. The largest absolute Gasteiger partial charge is 0.366 e. The van der Waals surface area contributed by atoms with Gasteiger partial charge in [-0.2, -0.15) is 0 Å². The molecule has 0 aliphatic heterocycles. The Morgan fingerprint density at radius 2 is 1.50 bits per heavy atom. The van der Waals surface area contributed by atoms with E-state index in [4.69, 9.17) is 0 Å². The van der Waals surface area contributed by atoms with Gasteiger partial charge in [0.05, 0.1) is 0 Å². The molecule has 3 heterocycles. The summed E-state index contributed by atoms with van der Waals surface area (Å²) < 4.78 is 0. The predicted octanol–water partition coefficient (Wildman–Crippen LogP) is 4.70. The van der Waals surface area contributed by atoms with Crippen LogP contribution in [0.5, 0.6) is 0 Å². The number of nitro groups is 1. The molecule has 0 fully saturated rings. The topological polar surface area (TPSA) is 81.8 Å². The van der Waals surface area contributed by atoms with E-state index in [0.717, 1.165) is 11.3 Å². The first-order valence-corrected chi connectivity index (χ1v) is 8.13. The molecule has 0 N–H and O–H groups in total. The van der Waals surface area contributed by atoms with Gasteiger partial charge in [-0.05, 0) is 79.4 Å². The summed E-state index contributed by atoms with van der Waals surface area (Å²) in [5, 5.41) is 10.3. The van der Waals surface area contributed by atoms with Crippen molar-refractivity contribution in [3.8, 4) is 0 Å². The minimum atomic E-state index is -0.477. The van der Waals surface area contributed by atoms with Crippen molar-refractivity contribution in [3.05, 3.63) is 93.2 Å². The number of rotatable bonds is 1. The fourth-order valence-corrected chi connectivity index (χ4v) is 1.89. The van der Waals surface area contributed by atoms with E-state index in [1.54, 1.807) is 19.2 Å². The second kappa shape index (κ2) is 10.7. The summed E-state index contributed by atoms with van der Waals surface area (Å²) in [6.07, 6.45) is 6.97. The van der Waals surface area contributed by atoms with Gasteiger partial charge >= 0.3 is 5.82 Å². The van der Waals surface area contributed by atoms with Crippen LogP contribution in [0.25, 0.3) is 0 Å². The monoisotopic (exact) mass is 352 g/mol. The van der Waals surface area contributed by atoms with Crippen molar-refractivity contribution >= 4 is 5.82 Å². The molecular formula is C20H24N4O2. The molecule has 0 spiro atoms. The maximum Gasteiger partial charge on any atom is 0.366 e. The van der Waals surface area contributed by atoms with Gasteiger partial charge < -0.3 is 10.1 Å². The summed E-state index contributed by atoms with van der Waals surface area (Å²) in [7, 11) is 0. The molecule has 3 aromatic rings. The molecule has 0 amide bonds. The number of pyridine rings is 3. The average Bonchev–Trinajstić information content (AvgIpc) is 2.59. The fraction of sp³-hybridized carbons (Fsp3) is 0.250. The lowest BCUT2D eigenvalue weighted by Gasteiger charge is -1.95. The molecule has 136 valence electrons. The summed E-state index contributed by atoms with van der Waals surface area (Å²) in [5.41, 5.74) is 5.05. The lowest BCUT2D eigenvalue weighted by molar-refractivity contribution is -0.390. The molecule has 0 aromatic carbocycles. The lowest BCUT2D eigenvalue weighted by atomic mass is 10.2. The third-order valence-electron chi connectivity index (χ3n) is 3.23. The average molecular weight is 352 g/mol. The smallest absolute Gasteiger partial charge is 0.358 e. The number of nitrogens with zero attached hydrogens (tertiary/aromatic N) is 4. The van der Waals surface area contributed by atoms with Crippen molar-refractivity contribution in [2.75, 3.05) is 0 Å². The second-order valence-electron chi connectivity index (χ2n) is 5.92. The van der Waals surface area contributed by atoms with Gasteiger partial charge in [-0.1, -0.05) is 12.1 Å². The zero-order chi connectivity index (χ0) is 19.5. The quantitative estimate of drug-likeness (QED) is 0.468. The van der Waals surface area contributed by atoms with Crippen LogP contribution in [0.15, 0.2) is 55.1 Å². The first-order valence-electron chi connectivity index (χ1n) is 8.13. The Balaban J connectivity index is 0.000000201. The second-order valence-corrected chi connectivity index (χ2v) is 5.92. The molecule has 3 aromatic heterocycles. The van der Waals surface area contributed by atoms with Crippen LogP contribution < -0.4 is 0 Å². The third-order valence-corrected chi connectivity index (χ3v) is 3.23. The van der Waals surface area contributed by atoms with Gasteiger partial charge in [0, 0.05) is 29.8 Å². The highest BCUT2D eigenvalue weighted by Gasteiger charge is 2.10. The highest BCUT2D eigenvalue weighted by atomic mass is 16.6. The van der Waals surface area contributed by atoms with Gasteiger partial charge in [0.15, 0.2) is 0 Å². The van der Waals surface area contributed by atoms with E-state index in [9.17, 15) is 10.1 Å². The molecule has 0 aliphatic carbocycles. The zero-order valence-corrected chi connectivity index (χ0v) is 15.8. The number of aromatic nitrogens is 3. The number of aryl methyl sites for hydroxylation is 5. The van der Waals surface area contributed by atoms with Crippen molar-refractivity contribution in [3.63, 3.8) is 0 Å². The predicted molar refractivity (Wildman–Crippen MR) is 103 cm³/mol. The van der Waals surface area contributed by atoms with Crippen molar-refractivity contribution < 1.29 is 4.92 Å². The normalized spacial score (nSPS) is 9.27. The Bertz CT molecular complexity index is 798. The Hall–Kier alpha value is -3.15. The van der Waals surface area contributed by atoms with Crippen LogP contribution in [0.2, 0.25) is 0 Å². The standard InChI is InChI=1S/C7H8N2O2.C7H9N.C6H7N/c1-5-3-6(2)7(8-4-5)9(10)11;1-6-3-4-7(2)8-5-6;1-6-3-2-4-7-5-6/h3-4H,1-2H3;3-5H,1-2H3;2-5H,1H3. The first-order chi connectivity index (χ1) is 12.3. The Morgan fingerprint density at radius 1 is 0.846 bits per heavy atom. The summed E-state index contributed by atoms with van der Waals surface area (Å²) in [6.45, 7) is 9.57. The van der Waals surface area contributed by atoms with Crippen LogP contribution in [0.3, 0.4) is 0 Å². The summed E-state index contributed by atoms with van der Waals surface area (Å²) in [5.74, 6) is -0.0596. The first kappa shape index (κ1) is 20.9. The van der Waals surface area contributed by atoms with E-state index in [1.165, 1.54) is 17.3 Å². The molecule has 0 aliphatic rings. The highest BCUT2D eigenvalue weighted by molar-refractivity contribution is 5.32. The Labute approximate surface area is 154 Å². The SMILES string of the molecule is Cc1ccc(C)nc1.Cc1cccnc1.Cc1cnc([N+](=O)[O-])c(C)c1. The molecule has 0 atom stereocenters. The van der Waals surface area contributed by atoms with Crippen molar-refractivity contribution in [2.24, 2.45) is 0 Å². The molecule has 0 radical (unpaired) electrons. The van der Waals surface area contributed by atoms with Crippen LogP contribution in [0.1, 0.15) is 27.9 Å². The molecular weight excluding hydrogens is 328 g/mol. The van der Waals surface area contributed by atoms with E-state index in [0.29, 0.717) is 5.56 Å². The summed E-state index contributed by atoms with van der Waals surface area (Å²) >= 11 is 0. The van der Waals surface area contributed by atoms with Crippen LogP contribution in [0.4, 0.5) is 5.82 Å². The molecule has 0 saturated heterocycles. The van der Waals surface area contributed by atoms with E-state index < -0.39 is 4.92 Å². The molecule has 0 bridgehead atoms. The Morgan fingerprint density at radius 3 is 1.88 bits per heavy atom. The highest BCUT2D eigenvalue weighted by Crippen LogP contribution is 2.13. The number of hydrogen-bond acceptors (Lipinski definition) is 5. The van der Waals surface area contributed by atoms with E-state index in [-0.39, 0.29) is 5.82 Å². The van der Waals surface area contributed by atoms with Gasteiger partial charge in [0.1, 0.15) is 6.20 Å². The molecule has 6 nitrogen and oxygen atoms in total. The molecule has 6 heteroatoms. The van der Waals surface area contributed by atoms with Crippen molar-refractivity contribution in [1.82, 2.24) is 15.0 Å². The van der Waals surface area contributed by atoms with Crippen molar-refractivity contribution in [1.29, 1.82) is 0 Å². The van der Waals surface area contributed by atoms with E-state index >= 15 is 0 Å².